The fourth-order valence-corrected chi connectivity index (χ4v) is 1.24. The molecule has 0 atom stereocenters. The zero-order chi connectivity index (χ0) is 9.90. The van der Waals surface area contributed by atoms with Crippen LogP contribution in [0.4, 0.5) is 13.2 Å². The molecule has 13 heavy (non-hydrogen) atoms. The van der Waals surface area contributed by atoms with Gasteiger partial charge in [-0.15, -0.1) is 13.2 Å². The van der Waals surface area contributed by atoms with E-state index in [1.807, 2.05) is 6.26 Å². The van der Waals surface area contributed by atoms with Crippen LogP contribution in [0.1, 0.15) is 0 Å². The molecular weight excluding hydrogens is 201 g/mol. The first kappa shape index (κ1) is 10.2. The molecule has 1 nitrogen and oxygen atoms in total. The fraction of sp³-hybridized carbons (Fsp3) is 0.250. The van der Waals surface area contributed by atoms with Crippen LogP contribution in [0.5, 0.6) is 5.75 Å². The van der Waals surface area contributed by atoms with Crippen LogP contribution in [0.15, 0.2) is 29.2 Å². The predicted molar refractivity (Wildman–Crippen MR) is 46.1 cm³/mol. The van der Waals surface area contributed by atoms with Crippen LogP contribution in [0.2, 0.25) is 0 Å². The summed E-state index contributed by atoms with van der Waals surface area (Å²) in [6.45, 7) is 0. The minimum atomic E-state index is -4.61. The first-order valence-corrected chi connectivity index (χ1v) is 4.81. The summed E-state index contributed by atoms with van der Waals surface area (Å²) >= 11 is 1.02. The Labute approximate surface area is 77.9 Å². The first-order chi connectivity index (χ1) is 6.01. The van der Waals surface area contributed by atoms with Gasteiger partial charge in [-0.1, -0.05) is 0 Å². The Morgan fingerprint density at radius 2 is 1.69 bits per heavy atom. The number of benzene rings is 1. The van der Waals surface area contributed by atoms with Crippen molar-refractivity contribution in [3.05, 3.63) is 24.3 Å². The lowest BCUT2D eigenvalue weighted by molar-refractivity contribution is -0.274. The summed E-state index contributed by atoms with van der Waals surface area (Å²) in [6, 6.07) is 5.81. The molecule has 0 aliphatic carbocycles. The van der Waals surface area contributed by atoms with Crippen LogP contribution in [0, 0.1) is 0 Å². The molecule has 0 radical (unpaired) electrons. The number of hydrogen-bond donors (Lipinski definition) is 0. The summed E-state index contributed by atoms with van der Waals surface area (Å²) in [5.74, 6) is -0.181. The Bertz CT molecular complexity index is 268. The topological polar surface area (TPSA) is 9.23 Å². The molecule has 0 aliphatic rings. The van der Waals surface area contributed by atoms with Gasteiger partial charge in [0.1, 0.15) is 12.0 Å². The van der Waals surface area contributed by atoms with Crippen LogP contribution < -0.4 is 4.74 Å². The largest absolute Gasteiger partial charge is 0.573 e. The zero-order valence-corrected chi connectivity index (χ0v) is 7.69. The first-order valence-electron chi connectivity index (χ1n) is 3.47. The van der Waals surface area contributed by atoms with E-state index in [-0.39, 0.29) is 5.75 Å². The normalized spacial score (nSPS) is 11.4. The molecule has 72 valence electrons. The number of halogens is 3. The highest BCUT2D eigenvalue weighted by atomic mass is 32.2. The maximum absolute atomic E-state index is 11.7. The quantitative estimate of drug-likeness (QED) is 0.536. The van der Waals surface area contributed by atoms with E-state index in [0.29, 0.717) is 0 Å². The van der Waals surface area contributed by atoms with Crippen molar-refractivity contribution in [3.8, 4) is 5.75 Å². The second kappa shape index (κ2) is 3.91. The lowest BCUT2D eigenvalue weighted by atomic mass is 10.3. The third-order valence-electron chi connectivity index (χ3n) is 1.33. The van der Waals surface area contributed by atoms with E-state index in [9.17, 15) is 13.2 Å². The molecule has 0 unspecified atom stereocenters. The van der Waals surface area contributed by atoms with Gasteiger partial charge in [-0.3, -0.25) is 0 Å². The molecule has 0 spiro atoms. The van der Waals surface area contributed by atoms with Crippen molar-refractivity contribution in [2.75, 3.05) is 6.26 Å². The van der Waals surface area contributed by atoms with Crippen LogP contribution in [-0.4, -0.2) is 12.6 Å². The average molecular weight is 209 g/mol. The molecule has 1 rings (SSSR count). The Kier molecular flexibility index (Phi) is 3.08. The van der Waals surface area contributed by atoms with E-state index >= 15 is 0 Å². The van der Waals surface area contributed by atoms with E-state index in [2.05, 4.69) is 4.74 Å². The summed E-state index contributed by atoms with van der Waals surface area (Å²) in [7, 11) is 0. The molecule has 1 aromatic carbocycles. The van der Waals surface area contributed by atoms with Crippen molar-refractivity contribution in [2.24, 2.45) is 0 Å². The van der Waals surface area contributed by atoms with Crippen LogP contribution in [-0.2, 0) is 11.8 Å². The van der Waals surface area contributed by atoms with E-state index in [0.717, 1.165) is 16.7 Å². The number of alkyl halides is 3. The Hall–Kier alpha value is -0.840. The molecule has 0 saturated carbocycles. The lowest BCUT2D eigenvalue weighted by Gasteiger charge is -2.07. The molecule has 0 N–H and O–H groups in total. The third-order valence-corrected chi connectivity index (χ3v) is 2.14. The van der Waals surface area contributed by atoms with E-state index in [1.165, 1.54) is 12.1 Å². The van der Waals surface area contributed by atoms with Crippen molar-refractivity contribution in [3.63, 3.8) is 0 Å². The number of hydrogen-bond acceptors (Lipinski definition) is 1. The second-order valence-corrected chi connectivity index (χ2v) is 3.23. The fourth-order valence-electron chi connectivity index (χ4n) is 0.797. The number of ether oxygens (including phenoxy) is 1. The van der Waals surface area contributed by atoms with E-state index in [1.54, 1.807) is 12.1 Å². The van der Waals surface area contributed by atoms with Gasteiger partial charge < -0.3 is 4.74 Å². The zero-order valence-electron chi connectivity index (χ0n) is 6.80. The maximum atomic E-state index is 11.7. The van der Waals surface area contributed by atoms with Gasteiger partial charge >= 0.3 is 6.36 Å². The number of thiol groups is 1. The third kappa shape index (κ3) is 3.59. The molecule has 0 aliphatic heterocycles. The Morgan fingerprint density at radius 3 is 2.08 bits per heavy atom. The summed E-state index contributed by atoms with van der Waals surface area (Å²) in [6.07, 6.45) is -2.70. The molecule has 1 aromatic rings. The van der Waals surface area contributed by atoms with Crippen molar-refractivity contribution >= 4 is 11.8 Å². The Morgan fingerprint density at radius 1 is 1.15 bits per heavy atom. The van der Waals surface area contributed by atoms with Crippen molar-refractivity contribution in [1.29, 1.82) is 0 Å². The second-order valence-electron chi connectivity index (χ2n) is 2.27. The monoisotopic (exact) mass is 209 g/mol. The van der Waals surface area contributed by atoms with Crippen LogP contribution in [0.3, 0.4) is 0 Å². The minimum absolute atomic E-state index is 0.181. The van der Waals surface area contributed by atoms with Crippen molar-refractivity contribution in [2.45, 2.75) is 11.3 Å². The van der Waals surface area contributed by atoms with Crippen LogP contribution in [0.25, 0.3) is 0 Å². The van der Waals surface area contributed by atoms with Gasteiger partial charge in [0, 0.05) is 11.8 Å². The van der Waals surface area contributed by atoms with Gasteiger partial charge in [-0.2, -0.15) is 0 Å². The van der Waals surface area contributed by atoms with Gasteiger partial charge in [0.25, 0.3) is 0 Å². The van der Waals surface area contributed by atoms with Gasteiger partial charge in [0.2, 0.25) is 0 Å². The predicted octanol–water partition coefficient (Wildman–Crippen LogP) is 2.39. The summed E-state index contributed by atoms with van der Waals surface area (Å²) in [4.78, 5) is 0.953. The molecule has 5 heteroatoms. The SMILES string of the molecule is C[SH+]c1ccc(OC(F)(F)F)cc1. The van der Waals surface area contributed by atoms with Crippen LogP contribution >= 0.6 is 0 Å². The minimum Gasteiger partial charge on any atom is -0.406 e. The Balaban J connectivity index is 2.70. The maximum Gasteiger partial charge on any atom is 0.573 e. The summed E-state index contributed by atoms with van der Waals surface area (Å²) in [5, 5.41) is 0. The highest BCUT2D eigenvalue weighted by Crippen LogP contribution is 2.22. The summed E-state index contributed by atoms with van der Waals surface area (Å²) < 4.78 is 38.8. The standard InChI is InChI=1S/C8H7F3OS/c1-13-7-4-2-6(3-5-7)12-8(9,10)11/h2-5H,1H3/p+1. The molecule has 0 bridgehead atoms. The molecule has 0 amide bonds. The molecule has 0 saturated heterocycles. The number of rotatable bonds is 2. The van der Waals surface area contributed by atoms with Gasteiger partial charge in [-0.25, -0.2) is 0 Å². The smallest absolute Gasteiger partial charge is 0.406 e. The van der Waals surface area contributed by atoms with E-state index < -0.39 is 6.36 Å². The average Bonchev–Trinajstić information content (AvgIpc) is 2.03. The van der Waals surface area contributed by atoms with Gasteiger partial charge in [0.15, 0.2) is 4.90 Å². The molecular formula is C8H8F3OS+. The lowest BCUT2D eigenvalue weighted by Crippen LogP contribution is -2.16. The highest BCUT2D eigenvalue weighted by molar-refractivity contribution is 7.77. The van der Waals surface area contributed by atoms with Gasteiger partial charge in [-0.05, 0) is 24.3 Å². The molecule has 0 aromatic heterocycles. The van der Waals surface area contributed by atoms with Gasteiger partial charge in [0.05, 0.1) is 0 Å². The molecule has 0 heterocycles. The van der Waals surface area contributed by atoms with Crippen molar-refractivity contribution in [1.82, 2.24) is 0 Å². The van der Waals surface area contributed by atoms with Crippen molar-refractivity contribution < 1.29 is 17.9 Å². The van der Waals surface area contributed by atoms with E-state index in [4.69, 9.17) is 0 Å². The highest BCUT2D eigenvalue weighted by Gasteiger charge is 2.30. The molecule has 0 fully saturated rings. The summed E-state index contributed by atoms with van der Waals surface area (Å²) in [5.41, 5.74) is 0.